The van der Waals surface area contributed by atoms with Crippen LogP contribution in [0, 0.1) is 5.41 Å². The van der Waals surface area contributed by atoms with E-state index in [9.17, 15) is 0 Å². The second-order valence-corrected chi connectivity index (χ2v) is 6.97. The van der Waals surface area contributed by atoms with Crippen LogP contribution < -0.4 is 16.4 Å². The number of nitrogens with zero attached hydrogens (tertiary/aromatic N) is 1. The Hall–Kier alpha value is -0.650. The van der Waals surface area contributed by atoms with Crippen molar-refractivity contribution in [1.82, 2.24) is 15.6 Å². The second kappa shape index (κ2) is 5.77. The first-order chi connectivity index (χ1) is 9.26. The van der Waals surface area contributed by atoms with Gasteiger partial charge in [-0.25, -0.2) is 4.98 Å². The lowest BCUT2D eigenvalue weighted by atomic mass is 9.67. The van der Waals surface area contributed by atoms with Crippen molar-refractivity contribution in [1.29, 1.82) is 0 Å². The molecule has 1 spiro atoms. The number of thiazole rings is 1. The quantitative estimate of drug-likeness (QED) is 0.794. The molecule has 0 amide bonds. The maximum absolute atomic E-state index is 5.65. The van der Waals surface area contributed by atoms with Crippen molar-refractivity contribution in [2.75, 3.05) is 18.8 Å². The third kappa shape index (κ3) is 3.27. The van der Waals surface area contributed by atoms with E-state index in [1.165, 1.54) is 63.0 Å². The van der Waals surface area contributed by atoms with Gasteiger partial charge in [0, 0.05) is 18.0 Å². The van der Waals surface area contributed by atoms with Crippen LogP contribution in [-0.2, 0) is 6.54 Å². The summed E-state index contributed by atoms with van der Waals surface area (Å²) in [4.78, 5) is 4.30. The van der Waals surface area contributed by atoms with Gasteiger partial charge in [0.25, 0.3) is 0 Å². The summed E-state index contributed by atoms with van der Waals surface area (Å²) in [6, 6.07) is 0.670. The van der Waals surface area contributed by atoms with Crippen LogP contribution in [0.1, 0.15) is 44.2 Å². The smallest absolute Gasteiger partial charge is 0.180 e. The monoisotopic (exact) mass is 280 g/mol. The van der Waals surface area contributed by atoms with Crippen molar-refractivity contribution in [3.63, 3.8) is 0 Å². The minimum Gasteiger partial charge on any atom is -0.375 e. The van der Waals surface area contributed by atoms with E-state index in [0.29, 0.717) is 16.6 Å². The number of hydrogen-bond donors (Lipinski definition) is 3. The molecule has 1 aromatic rings. The summed E-state index contributed by atoms with van der Waals surface area (Å²) in [7, 11) is 0. The molecule has 0 radical (unpaired) electrons. The Bertz CT molecular complexity index is 401. The fourth-order valence-corrected chi connectivity index (χ4v) is 4.11. The molecule has 0 atom stereocenters. The van der Waals surface area contributed by atoms with Crippen molar-refractivity contribution in [2.45, 2.75) is 51.1 Å². The van der Waals surface area contributed by atoms with E-state index in [2.05, 4.69) is 21.0 Å². The fraction of sp³-hybridized carbons (Fsp3) is 0.786. The van der Waals surface area contributed by atoms with Crippen LogP contribution in [0.5, 0.6) is 0 Å². The zero-order chi connectivity index (χ0) is 13.1. The normalized spacial score (nSPS) is 23.8. The molecule has 2 fully saturated rings. The molecule has 106 valence electrons. The Morgan fingerprint density at radius 2 is 2.05 bits per heavy atom. The summed E-state index contributed by atoms with van der Waals surface area (Å²) < 4.78 is 0. The molecule has 1 aromatic heterocycles. The fourth-order valence-electron chi connectivity index (χ4n) is 3.54. The number of anilines is 1. The second-order valence-electron chi connectivity index (χ2n) is 6.08. The van der Waals surface area contributed by atoms with Gasteiger partial charge in [0.2, 0.25) is 0 Å². The Kier molecular flexibility index (Phi) is 4.05. The van der Waals surface area contributed by atoms with Crippen LogP contribution in [0.3, 0.4) is 0 Å². The van der Waals surface area contributed by atoms with Gasteiger partial charge in [0.1, 0.15) is 0 Å². The van der Waals surface area contributed by atoms with Crippen molar-refractivity contribution in [3.05, 3.63) is 11.1 Å². The van der Waals surface area contributed by atoms with E-state index in [1.807, 2.05) is 0 Å². The van der Waals surface area contributed by atoms with Crippen LogP contribution in [0.15, 0.2) is 5.38 Å². The number of nitrogens with one attached hydrogen (secondary N) is 2. The summed E-state index contributed by atoms with van der Waals surface area (Å²) in [6.07, 6.45) is 8.18. The van der Waals surface area contributed by atoms with Gasteiger partial charge in [-0.3, -0.25) is 0 Å². The number of nitrogen functional groups attached to an aromatic ring is 1. The highest BCUT2D eigenvalue weighted by Crippen LogP contribution is 2.43. The van der Waals surface area contributed by atoms with Crippen LogP contribution in [-0.4, -0.2) is 24.1 Å². The van der Waals surface area contributed by atoms with Gasteiger partial charge in [0.05, 0.1) is 5.69 Å². The Morgan fingerprint density at radius 1 is 1.32 bits per heavy atom. The van der Waals surface area contributed by atoms with Crippen LogP contribution in [0.4, 0.5) is 5.13 Å². The minimum absolute atomic E-state index is 0.661. The van der Waals surface area contributed by atoms with E-state index in [-0.39, 0.29) is 0 Å². The molecule has 0 aromatic carbocycles. The lowest BCUT2D eigenvalue weighted by Gasteiger charge is -2.43. The molecule has 2 aliphatic rings. The molecule has 2 heterocycles. The van der Waals surface area contributed by atoms with Crippen LogP contribution in [0.2, 0.25) is 0 Å². The lowest BCUT2D eigenvalue weighted by Crippen LogP contribution is -2.43. The largest absolute Gasteiger partial charge is 0.375 e. The van der Waals surface area contributed by atoms with Gasteiger partial charge in [-0.05, 0) is 57.0 Å². The van der Waals surface area contributed by atoms with Crippen molar-refractivity contribution in [3.8, 4) is 0 Å². The van der Waals surface area contributed by atoms with E-state index >= 15 is 0 Å². The first-order valence-corrected chi connectivity index (χ1v) is 8.28. The van der Waals surface area contributed by atoms with Gasteiger partial charge in [-0.1, -0.05) is 0 Å². The molecule has 1 saturated carbocycles. The molecule has 0 unspecified atom stereocenters. The zero-order valence-electron chi connectivity index (χ0n) is 11.5. The highest BCUT2D eigenvalue weighted by molar-refractivity contribution is 7.13. The maximum Gasteiger partial charge on any atom is 0.180 e. The first kappa shape index (κ1) is 13.3. The Labute approximate surface area is 119 Å². The summed E-state index contributed by atoms with van der Waals surface area (Å²) in [5.41, 5.74) is 7.40. The zero-order valence-corrected chi connectivity index (χ0v) is 12.3. The van der Waals surface area contributed by atoms with Gasteiger partial charge >= 0.3 is 0 Å². The van der Waals surface area contributed by atoms with Crippen molar-refractivity contribution in [2.24, 2.45) is 5.41 Å². The topological polar surface area (TPSA) is 63.0 Å². The third-order valence-electron chi connectivity index (χ3n) is 4.85. The van der Waals surface area contributed by atoms with Gasteiger partial charge in [-0.2, -0.15) is 0 Å². The molecule has 19 heavy (non-hydrogen) atoms. The first-order valence-electron chi connectivity index (χ1n) is 7.40. The van der Waals surface area contributed by atoms with Crippen molar-refractivity contribution < 1.29 is 0 Å². The molecule has 4 N–H and O–H groups in total. The molecular weight excluding hydrogens is 256 g/mol. The highest BCUT2D eigenvalue weighted by Gasteiger charge is 2.35. The Morgan fingerprint density at radius 3 is 2.68 bits per heavy atom. The number of aromatic nitrogens is 1. The molecule has 4 nitrogen and oxygen atoms in total. The van der Waals surface area contributed by atoms with E-state index < -0.39 is 0 Å². The standard InChI is InChI=1S/C14H24N4S/c15-13-18-12(10-19-13)9-17-11-1-3-14(4-2-11)5-7-16-8-6-14/h10-11,16-17H,1-9H2,(H2,15,18). The van der Waals surface area contributed by atoms with Gasteiger partial charge in [0.15, 0.2) is 5.13 Å². The molecule has 5 heteroatoms. The highest BCUT2D eigenvalue weighted by atomic mass is 32.1. The predicted molar refractivity (Wildman–Crippen MR) is 80.2 cm³/mol. The average Bonchev–Trinajstić information content (AvgIpc) is 2.85. The summed E-state index contributed by atoms with van der Waals surface area (Å²) in [6.45, 7) is 3.30. The molecule has 0 bridgehead atoms. The Balaban J connectivity index is 1.45. The van der Waals surface area contributed by atoms with Crippen LogP contribution in [0.25, 0.3) is 0 Å². The summed E-state index contributed by atoms with van der Waals surface area (Å²) in [5.74, 6) is 0. The molecule has 1 saturated heterocycles. The molecule has 1 aliphatic heterocycles. The number of nitrogens with two attached hydrogens (primary N) is 1. The molecule has 1 aliphatic carbocycles. The van der Waals surface area contributed by atoms with Gasteiger partial charge < -0.3 is 16.4 Å². The SMILES string of the molecule is Nc1nc(CNC2CCC3(CCNCC3)CC2)cs1. The average molecular weight is 280 g/mol. The third-order valence-corrected chi connectivity index (χ3v) is 5.57. The number of hydrogen-bond acceptors (Lipinski definition) is 5. The summed E-state index contributed by atoms with van der Waals surface area (Å²) in [5, 5.41) is 9.86. The van der Waals surface area contributed by atoms with Crippen LogP contribution >= 0.6 is 11.3 Å². The lowest BCUT2D eigenvalue weighted by molar-refractivity contribution is 0.115. The maximum atomic E-state index is 5.65. The number of piperidine rings is 1. The molecule has 3 rings (SSSR count). The van der Waals surface area contributed by atoms with E-state index in [0.717, 1.165) is 12.2 Å². The molecular formula is C14H24N4S. The van der Waals surface area contributed by atoms with E-state index in [1.54, 1.807) is 0 Å². The predicted octanol–water partition coefficient (Wildman–Crippen LogP) is 2.13. The summed E-state index contributed by atoms with van der Waals surface area (Å²) >= 11 is 1.53. The van der Waals surface area contributed by atoms with Gasteiger partial charge in [-0.15, -0.1) is 11.3 Å². The van der Waals surface area contributed by atoms with Crippen molar-refractivity contribution >= 4 is 16.5 Å². The number of rotatable bonds is 3. The minimum atomic E-state index is 0.661. The van der Waals surface area contributed by atoms with E-state index in [4.69, 9.17) is 5.73 Å².